The molecule has 0 bridgehead atoms. The monoisotopic (exact) mass is 326 g/mol. The summed E-state index contributed by atoms with van der Waals surface area (Å²) in [6.45, 7) is 8.54. The first-order chi connectivity index (χ1) is 7.24. The molecule has 86 valence electrons. The van der Waals surface area contributed by atoms with Crippen molar-refractivity contribution in [2.24, 2.45) is 0 Å². The molecule has 5 heteroatoms. The molecule has 0 aromatic carbocycles. The third kappa shape index (κ3) is 4.94. The molecule has 1 aliphatic heterocycles. The van der Waals surface area contributed by atoms with Crippen molar-refractivity contribution in [2.75, 3.05) is 39.5 Å². The molecule has 1 unspecified atom stereocenters. The molecule has 0 radical (unpaired) electrons. The van der Waals surface area contributed by atoms with Gasteiger partial charge in [0.15, 0.2) is 0 Å². The summed E-state index contributed by atoms with van der Waals surface area (Å²) in [5.41, 5.74) is 0. The molecule has 1 saturated heterocycles. The molecular weight excluding hydrogens is 309 g/mol. The molecule has 0 aromatic rings. The summed E-state index contributed by atoms with van der Waals surface area (Å²) >= 11 is 2.01. The highest BCUT2D eigenvalue weighted by Crippen LogP contribution is 2.02. The summed E-state index contributed by atoms with van der Waals surface area (Å²) in [6, 6.07) is 0. The lowest BCUT2D eigenvalue weighted by atomic mass is 10.4. The second kappa shape index (κ2) is 7.19. The van der Waals surface area contributed by atoms with Crippen LogP contribution in [0.15, 0.2) is 12.7 Å². The lowest BCUT2D eigenvalue weighted by Crippen LogP contribution is -3.14. The number of halogens is 1. The average molecular weight is 326 g/mol. The predicted octanol–water partition coefficient (Wildman–Crippen LogP) is -0.566. The minimum Gasteiger partial charge on any atom is -0.459 e. The highest BCUT2D eigenvalue weighted by Gasteiger charge is 2.16. The highest BCUT2D eigenvalue weighted by molar-refractivity contribution is 14.1. The van der Waals surface area contributed by atoms with Crippen LogP contribution in [0.5, 0.6) is 0 Å². The van der Waals surface area contributed by atoms with Gasteiger partial charge in [0.25, 0.3) is 0 Å². The number of rotatable bonds is 5. The van der Waals surface area contributed by atoms with Crippen molar-refractivity contribution in [3.8, 4) is 0 Å². The van der Waals surface area contributed by atoms with Crippen molar-refractivity contribution in [3.05, 3.63) is 12.7 Å². The van der Waals surface area contributed by atoms with Crippen LogP contribution in [0.1, 0.15) is 0 Å². The van der Waals surface area contributed by atoms with E-state index in [1.807, 2.05) is 22.6 Å². The molecule has 15 heavy (non-hydrogen) atoms. The fraction of sp³-hybridized carbons (Fsp3) is 0.700. The standard InChI is InChI=1S/C10H16INO3/c1-2-9(11)10(13)15-8-5-12-3-6-14-7-4-12/h2,9H,1,3-8H2/p+1. The van der Waals surface area contributed by atoms with Crippen molar-refractivity contribution < 1.29 is 19.2 Å². The first-order valence-electron chi connectivity index (χ1n) is 5.08. The Balaban J connectivity index is 2.09. The number of hydrogen-bond acceptors (Lipinski definition) is 3. The molecule has 0 aliphatic carbocycles. The summed E-state index contributed by atoms with van der Waals surface area (Å²) in [6.07, 6.45) is 1.59. The van der Waals surface area contributed by atoms with Crippen LogP contribution in [0.4, 0.5) is 0 Å². The van der Waals surface area contributed by atoms with Gasteiger partial charge in [-0.2, -0.15) is 0 Å². The Labute approximate surface area is 104 Å². The zero-order valence-corrected chi connectivity index (χ0v) is 10.9. The molecule has 0 saturated carbocycles. The second-order valence-electron chi connectivity index (χ2n) is 3.42. The molecule has 1 fully saturated rings. The van der Waals surface area contributed by atoms with Crippen molar-refractivity contribution in [3.63, 3.8) is 0 Å². The molecule has 0 amide bonds. The number of alkyl halides is 1. The summed E-state index contributed by atoms with van der Waals surface area (Å²) in [5, 5.41) is 0. The number of carbonyl (C=O) groups excluding carboxylic acids is 1. The van der Waals surface area contributed by atoms with Crippen molar-refractivity contribution >= 4 is 28.6 Å². The fourth-order valence-electron chi connectivity index (χ4n) is 1.38. The summed E-state index contributed by atoms with van der Waals surface area (Å²) < 4.78 is 10.1. The van der Waals surface area contributed by atoms with E-state index in [4.69, 9.17) is 9.47 Å². The smallest absolute Gasteiger partial charge is 0.323 e. The topological polar surface area (TPSA) is 40.0 Å². The van der Waals surface area contributed by atoms with E-state index >= 15 is 0 Å². The summed E-state index contributed by atoms with van der Waals surface area (Å²) in [5.74, 6) is -0.196. The molecule has 1 heterocycles. The van der Waals surface area contributed by atoms with Gasteiger partial charge in [-0.15, -0.1) is 6.58 Å². The quantitative estimate of drug-likeness (QED) is 0.319. The maximum atomic E-state index is 11.3. The molecule has 4 nitrogen and oxygen atoms in total. The zero-order chi connectivity index (χ0) is 11.1. The lowest BCUT2D eigenvalue weighted by Gasteiger charge is -2.23. The number of quaternary nitrogens is 1. The van der Waals surface area contributed by atoms with E-state index in [0.29, 0.717) is 6.61 Å². The van der Waals surface area contributed by atoms with Crippen LogP contribution in [-0.2, 0) is 14.3 Å². The van der Waals surface area contributed by atoms with Gasteiger partial charge in [-0.1, -0.05) is 28.7 Å². The van der Waals surface area contributed by atoms with Gasteiger partial charge < -0.3 is 14.4 Å². The van der Waals surface area contributed by atoms with Crippen LogP contribution in [0.3, 0.4) is 0 Å². The molecular formula is C10H17INO3+. The van der Waals surface area contributed by atoms with Crippen molar-refractivity contribution in [2.45, 2.75) is 3.92 Å². The first kappa shape index (κ1) is 12.9. The first-order valence-corrected chi connectivity index (χ1v) is 6.33. The van der Waals surface area contributed by atoms with E-state index in [1.54, 1.807) is 6.08 Å². The number of morpholine rings is 1. The maximum absolute atomic E-state index is 11.3. The normalized spacial score (nSPS) is 19.5. The number of carbonyl (C=O) groups is 1. The number of esters is 1. The molecule has 1 atom stereocenters. The van der Waals surface area contributed by atoms with E-state index in [0.717, 1.165) is 32.8 Å². The van der Waals surface area contributed by atoms with Crippen molar-refractivity contribution in [1.29, 1.82) is 0 Å². The van der Waals surface area contributed by atoms with Crippen LogP contribution in [0.2, 0.25) is 0 Å². The molecule has 1 aliphatic rings. The summed E-state index contributed by atoms with van der Waals surface area (Å²) in [4.78, 5) is 12.7. The van der Waals surface area contributed by atoms with Crippen LogP contribution in [-0.4, -0.2) is 49.3 Å². The number of nitrogens with one attached hydrogen (secondary N) is 1. The van der Waals surface area contributed by atoms with Gasteiger partial charge in [-0.05, 0) is 0 Å². The lowest BCUT2D eigenvalue weighted by molar-refractivity contribution is -0.908. The number of ether oxygens (including phenoxy) is 2. The largest absolute Gasteiger partial charge is 0.459 e. The van der Waals surface area contributed by atoms with Gasteiger partial charge in [0.05, 0.1) is 13.2 Å². The SMILES string of the molecule is C=CC(I)C(=O)OCC[NH+]1CCOCC1. The zero-order valence-electron chi connectivity index (χ0n) is 8.71. The minimum absolute atomic E-state index is 0.196. The predicted molar refractivity (Wildman–Crippen MR) is 65.3 cm³/mol. The Hall–Kier alpha value is -0.140. The second-order valence-corrected chi connectivity index (χ2v) is 4.76. The molecule has 0 spiro atoms. The Morgan fingerprint density at radius 2 is 2.27 bits per heavy atom. The van der Waals surface area contributed by atoms with E-state index in [9.17, 15) is 4.79 Å². The third-order valence-corrected chi connectivity index (χ3v) is 3.35. The number of hydrogen-bond donors (Lipinski definition) is 1. The Kier molecular flexibility index (Phi) is 6.19. The Morgan fingerprint density at radius 1 is 1.60 bits per heavy atom. The average Bonchev–Trinajstić information content (AvgIpc) is 2.29. The van der Waals surface area contributed by atoms with Gasteiger partial charge in [0, 0.05) is 0 Å². The third-order valence-electron chi connectivity index (χ3n) is 2.33. The van der Waals surface area contributed by atoms with E-state index < -0.39 is 0 Å². The van der Waals surface area contributed by atoms with Crippen LogP contribution in [0.25, 0.3) is 0 Å². The van der Waals surface area contributed by atoms with Gasteiger partial charge in [-0.25, -0.2) is 0 Å². The van der Waals surface area contributed by atoms with E-state index in [1.165, 1.54) is 4.90 Å². The van der Waals surface area contributed by atoms with Crippen LogP contribution in [0, 0.1) is 0 Å². The molecule has 1 rings (SSSR count). The van der Waals surface area contributed by atoms with E-state index in [2.05, 4.69) is 6.58 Å². The minimum atomic E-state index is -0.234. The maximum Gasteiger partial charge on any atom is 0.323 e. The van der Waals surface area contributed by atoms with Gasteiger partial charge in [0.1, 0.15) is 30.2 Å². The van der Waals surface area contributed by atoms with Crippen LogP contribution >= 0.6 is 22.6 Å². The van der Waals surface area contributed by atoms with Gasteiger partial charge in [0.2, 0.25) is 0 Å². The van der Waals surface area contributed by atoms with Gasteiger partial charge in [-0.3, -0.25) is 4.79 Å². The Morgan fingerprint density at radius 3 is 2.87 bits per heavy atom. The molecule has 0 aromatic heterocycles. The molecule has 1 N–H and O–H groups in total. The fourth-order valence-corrected chi connectivity index (χ4v) is 1.56. The van der Waals surface area contributed by atoms with Crippen molar-refractivity contribution in [1.82, 2.24) is 0 Å². The van der Waals surface area contributed by atoms with Gasteiger partial charge >= 0.3 is 5.97 Å². The van der Waals surface area contributed by atoms with E-state index in [-0.39, 0.29) is 9.89 Å². The highest BCUT2D eigenvalue weighted by atomic mass is 127. The summed E-state index contributed by atoms with van der Waals surface area (Å²) in [7, 11) is 0. The Bertz CT molecular complexity index is 217. The van der Waals surface area contributed by atoms with Crippen LogP contribution < -0.4 is 4.90 Å².